The van der Waals surface area contributed by atoms with Gasteiger partial charge < -0.3 is 14.6 Å². The minimum Gasteiger partial charge on any atom is -0.495 e. The number of carbonyl (C=O) groups is 1. The molecule has 1 aliphatic carbocycles. The quantitative estimate of drug-likeness (QED) is 0.649. The van der Waals surface area contributed by atoms with Gasteiger partial charge in [-0.15, -0.1) is 0 Å². The maximum Gasteiger partial charge on any atom is 0.200 e. The lowest BCUT2D eigenvalue weighted by molar-refractivity contribution is -0.151. The van der Waals surface area contributed by atoms with Crippen molar-refractivity contribution in [2.75, 3.05) is 7.11 Å². The van der Waals surface area contributed by atoms with Crippen molar-refractivity contribution in [2.24, 2.45) is 0 Å². The maximum atomic E-state index is 13.4. The number of Topliss-reactive ketones (excluding diaryl/α,β-unsaturated/α-hetero) is 1. The summed E-state index contributed by atoms with van der Waals surface area (Å²) in [6.45, 7) is 0. The van der Waals surface area contributed by atoms with Gasteiger partial charge in [0.15, 0.2) is 17.0 Å². The summed E-state index contributed by atoms with van der Waals surface area (Å²) in [7, 11) is 1.49. The standard InChI is InChI=1S/C23H18BrNO4/c1-28-18-12-25-13-19-21(18)22(27)20(26)11-17(14-5-3-2-4-6-14)23(22,29-19)15-7-9-16(24)10-8-15/h2-10,12-13,17,27H,11H2,1H3. The van der Waals surface area contributed by atoms with E-state index in [0.29, 0.717) is 17.1 Å². The zero-order valence-electron chi connectivity index (χ0n) is 15.6. The van der Waals surface area contributed by atoms with Gasteiger partial charge in [0, 0.05) is 16.8 Å². The van der Waals surface area contributed by atoms with Crippen LogP contribution in [0.5, 0.6) is 11.5 Å². The summed E-state index contributed by atoms with van der Waals surface area (Å²) in [5.41, 5.74) is -1.20. The summed E-state index contributed by atoms with van der Waals surface area (Å²) < 4.78 is 12.9. The van der Waals surface area contributed by atoms with Crippen LogP contribution in [-0.4, -0.2) is 23.0 Å². The van der Waals surface area contributed by atoms with Gasteiger partial charge in [0.2, 0.25) is 0 Å². The number of hydrogen-bond donors (Lipinski definition) is 1. The van der Waals surface area contributed by atoms with Crippen molar-refractivity contribution < 1.29 is 19.4 Å². The molecule has 2 aliphatic rings. The van der Waals surface area contributed by atoms with E-state index in [1.165, 1.54) is 19.5 Å². The summed E-state index contributed by atoms with van der Waals surface area (Å²) in [6, 6.07) is 17.3. The number of fused-ring (bicyclic) bond motifs is 3. The Bertz CT molecular complexity index is 1100. The van der Waals surface area contributed by atoms with Gasteiger partial charge in [0.05, 0.1) is 25.1 Å². The highest BCUT2D eigenvalue weighted by molar-refractivity contribution is 9.10. The van der Waals surface area contributed by atoms with E-state index in [4.69, 9.17) is 9.47 Å². The molecule has 2 aromatic carbocycles. The van der Waals surface area contributed by atoms with Gasteiger partial charge in [0.25, 0.3) is 0 Å². The van der Waals surface area contributed by atoms with Crippen molar-refractivity contribution in [3.8, 4) is 11.5 Å². The number of ketones is 1. The lowest BCUT2D eigenvalue weighted by Crippen LogP contribution is -2.50. The molecular weight excluding hydrogens is 434 g/mol. The number of benzene rings is 2. The Morgan fingerprint density at radius 2 is 1.86 bits per heavy atom. The second-order valence-corrected chi connectivity index (χ2v) is 8.28. The number of halogens is 1. The van der Waals surface area contributed by atoms with Crippen LogP contribution in [0, 0.1) is 0 Å². The third kappa shape index (κ3) is 2.30. The third-order valence-electron chi connectivity index (χ3n) is 6.03. The number of nitrogens with zero attached hydrogens (tertiary/aromatic N) is 1. The van der Waals surface area contributed by atoms with Crippen LogP contribution in [0.1, 0.15) is 29.0 Å². The lowest BCUT2D eigenvalue weighted by atomic mass is 9.71. The number of ether oxygens (including phenoxy) is 2. The number of hydrogen-bond acceptors (Lipinski definition) is 5. The van der Waals surface area contributed by atoms with Crippen LogP contribution >= 0.6 is 15.9 Å². The molecule has 0 saturated heterocycles. The van der Waals surface area contributed by atoms with E-state index in [9.17, 15) is 9.90 Å². The molecule has 3 aromatic rings. The van der Waals surface area contributed by atoms with Crippen LogP contribution in [-0.2, 0) is 16.0 Å². The van der Waals surface area contributed by atoms with Gasteiger partial charge in [-0.25, -0.2) is 0 Å². The minimum absolute atomic E-state index is 0.154. The molecule has 0 amide bonds. The van der Waals surface area contributed by atoms with Crippen molar-refractivity contribution in [3.05, 3.63) is 88.2 Å². The molecule has 6 heteroatoms. The first kappa shape index (κ1) is 18.3. The van der Waals surface area contributed by atoms with Gasteiger partial charge in [-0.2, -0.15) is 0 Å². The molecule has 1 saturated carbocycles. The van der Waals surface area contributed by atoms with E-state index in [2.05, 4.69) is 20.9 Å². The van der Waals surface area contributed by atoms with Crippen molar-refractivity contribution in [1.29, 1.82) is 0 Å². The van der Waals surface area contributed by atoms with Gasteiger partial charge in [-0.1, -0.05) is 58.4 Å². The second-order valence-electron chi connectivity index (χ2n) is 7.36. The largest absolute Gasteiger partial charge is 0.495 e. The molecule has 29 heavy (non-hydrogen) atoms. The minimum atomic E-state index is -1.88. The summed E-state index contributed by atoms with van der Waals surface area (Å²) in [6.07, 6.45) is 3.19. The molecule has 3 atom stereocenters. The summed E-state index contributed by atoms with van der Waals surface area (Å²) in [4.78, 5) is 17.6. The molecule has 2 heterocycles. The van der Waals surface area contributed by atoms with Crippen molar-refractivity contribution in [2.45, 2.75) is 23.5 Å². The Hall–Kier alpha value is -2.70. The molecule has 1 aliphatic heterocycles. The molecule has 1 aromatic heterocycles. The molecule has 0 spiro atoms. The highest BCUT2D eigenvalue weighted by atomic mass is 79.9. The summed E-state index contributed by atoms with van der Waals surface area (Å²) in [5, 5.41) is 12.1. The average Bonchev–Trinajstić information content (AvgIpc) is 3.15. The highest BCUT2D eigenvalue weighted by Gasteiger charge is 2.74. The molecule has 5 rings (SSSR count). The van der Waals surface area contributed by atoms with Gasteiger partial charge in [-0.05, 0) is 23.3 Å². The molecule has 5 nitrogen and oxygen atoms in total. The summed E-state index contributed by atoms with van der Waals surface area (Å²) in [5.74, 6) is 0.0341. The van der Waals surface area contributed by atoms with Crippen LogP contribution in [0.25, 0.3) is 0 Å². The molecule has 3 unspecified atom stereocenters. The molecule has 0 bridgehead atoms. The zero-order chi connectivity index (χ0) is 20.2. The van der Waals surface area contributed by atoms with E-state index in [0.717, 1.165) is 15.6 Å². The predicted molar refractivity (Wildman–Crippen MR) is 110 cm³/mol. The van der Waals surface area contributed by atoms with Crippen LogP contribution in [0.15, 0.2) is 71.5 Å². The first-order chi connectivity index (χ1) is 14.0. The Kier molecular flexibility index (Phi) is 4.05. The maximum absolute atomic E-state index is 13.4. The smallest absolute Gasteiger partial charge is 0.200 e. The number of pyridine rings is 1. The van der Waals surface area contributed by atoms with E-state index in [1.54, 1.807) is 0 Å². The first-order valence-corrected chi connectivity index (χ1v) is 10.1. The average molecular weight is 452 g/mol. The number of aromatic nitrogens is 1. The van der Waals surface area contributed by atoms with Crippen LogP contribution < -0.4 is 9.47 Å². The number of rotatable bonds is 3. The van der Waals surface area contributed by atoms with Crippen LogP contribution in [0.2, 0.25) is 0 Å². The second kappa shape index (κ2) is 6.40. The zero-order valence-corrected chi connectivity index (χ0v) is 17.2. The van der Waals surface area contributed by atoms with E-state index in [-0.39, 0.29) is 18.1 Å². The van der Waals surface area contributed by atoms with Gasteiger partial charge in [0.1, 0.15) is 11.5 Å². The van der Waals surface area contributed by atoms with E-state index in [1.807, 2.05) is 54.6 Å². The van der Waals surface area contributed by atoms with Crippen molar-refractivity contribution in [1.82, 2.24) is 4.98 Å². The first-order valence-electron chi connectivity index (χ1n) is 9.30. The van der Waals surface area contributed by atoms with E-state index >= 15 is 0 Å². The molecule has 1 N–H and O–H groups in total. The Labute approximate surface area is 176 Å². The predicted octanol–water partition coefficient (Wildman–Crippen LogP) is 4.08. The van der Waals surface area contributed by atoms with Crippen molar-refractivity contribution in [3.63, 3.8) is 0 Å². The van der Waals surface area contributed by atoms with E-state index < -0.39 is 11.2 Å². The SMILES string of the molecule is COc1cncc2c1C1(O)C(=O)CC(c3ccccc3)C1(c1ccc(Br)cc1)O2. The Morgan fingerprint density at radius 3 is 2.55 bits per heavy atom. The molecule has 146 valence electrons. The monoisotopic (exact) mass is 451 g/mol. The molecule has 0 radical (unpaired) electrons. The Morgan fingerprint density at radius 1 is 1.14 bits per heavy atom. The highest BCUT2D eigenvalue weighted by Crippen LogP contribution is 2.66. The molecule has 1 fully saturated rings. The van der Waals surface area contributed by atoms with Crippen LogP contribution in [0.4, 0.5) is 0 Å². The molecular formula is C23H18BrNO4. The number of methoxy groups -OCH3 is 1. The lowest BCUT2D eigenvalue weighted by Gasteiger charge is -2.39. The Balaban J connectivity index is 1.83. The number of carbonyl (C=O) groups excluding carboxylic acids is 1. The number of aliphatic hydroxyl groups is 1. The fourth-order valence-corrected chi connectivity index (χ4v) is 5.06. The normalized spacial score (nSPS) is 27.3. The van der Waals surface area contributed by atoms with Gasteiger partial charge in [-0.3, -0.25) is 9.78 Å². The fraction of sp³-hybridized carbons (Fsp3) is 0.217. The summed E-state index contributed by atoms with van der Waals surface area (Å²) >= 11 is 3.46. The van der Waals surface area contributed by atoms with Crippen molar-refractivity contribution >= 4 is 21.7 Å². The van der Waals surface area contributed by atoms with Gasteiger partial charge >= 0.3 is 0 Å². The van der Waals surface area contributed by atoms with Crippen LogP contribution in [0.3, 0.4) is 0 Å². The topological polar surface area (TPSA) is 68.7 Å². The third-order valence-corrected chi connectivity index (χ3v) is 6.55. The fourth-order valence-electron chi connectivity index (χ4n) is 4.80.